The normalized spacial score (nSPS) is 14.5. The minimum Gasteiger partial charge on any atom is -0.565 e. The van der Waals surface area contributed by atoms with Crippen LogP contribution in [0.1, 0.15) is 44.9 Å². The molecule has 2 amide bonds. The molecule has 14 heteroatoms. The van der Waals surface area contributed by atoms with Gasteiger partial charge in [0.15, 0.2) is 5.75 Å². The predicted octanol–water partition coefficient (Wildman–Crippen LogP) is -0.322. The fourth-order valence-electron chi connectivity index (χ4n) is 3.98. The number of likely N-dealkylation sites (tertiary alicyclic amines) is 1. The van der Waals surface area contributed by atoms with Crippen LogP contribution in [0.3, 0.4) is 0 Å². The Bertz CT molecular complexity index is 1120. The summed E-state index contributed by atoms with van der Waals surface area (Å²) in [6.07, 6.45) is -1.68. The third-order valence-corrected chi connectivity index (χ3v) is 5.69. The number of rotatable bonds is 5. The van der Waals surface area contributed by atoms with Crippen LogP contribution in [0.25, 0.3) is 0 Å². The van der Waals surface area contributed by atoms with Gasteiger partial charge in [-0.15, -0.1) is 10.2 Å². The van der Waals surface area contributed by atoms with E-state index in [1.165, 1.54) is 0 Å². The van der Waals surface area contributed by atoms with Crippen molar-refractivity contribution in [2.45, 2.75) is 58.4 Å². The number of hydrogen-bond donors (Lipinski definition) is 1. The van der Waals surface area contributed by atoms with Gasteiger partial charge in [0.25, 0.3) is 5.88 Å². The first kappa shape index (κ1) is 32.9. The van der Waals surface area contributed by atoms with Crippen molar-refractivity contribution >= 4 is 18.3 Å². The summed E-state index contributed by atoms with van der Waals surface area (Å²) in [4.78, 5) is 37.5. The molecule has 2 aliphatic heterocycles. The summed E-state index contributed by atoms with van der Waals surface area (Å²) >= 11 is 0. The van der Waals surface area contributed by atoms with Crippen molar-refractivity contribution in [3.05, 3.63) is 47.7 Å². The molecule has 0 unspecified atom stereocenters. The Labute approximate surface area is 254 Å². The van der Waals surface area contributed by atoms with Gasteiger partial charge in [-0.2, -0.15) is 0 Å². The smallest absolute Gasteiger partial charge is 0.565 e. The van der Waals surface area contributed by atoms with Crippen molar-refractivity contribution in [2.24, 2.45) is 0 Å². The quantitative estimate of drug-likeness (QED) is 0.470. The first-order chi connectivity index (χ1) is 18.5. The summed E-state index contributed by atoms with van der Waals surface area (Å²) in [7, 11) is 0. The topological polar surface area (TPSA) is 164 Å². The number of carboxylic acid groups (broad SMARTS) is 2. The fraction of sp³-hybridized carbons (Fsp3) is 0.500. The van der Waals surface area contributed by atoms with Gasteiger partial charge in [0.05, 0.1) is 12.2 Å². The molecule has 1 saturated heterocycles. The number of benzene rings is 1. The second-order valence-corrected chi connectivity index (χ2v) is 9.83. The minimum absolute atomic E-state index is 0. The maximum atomic E-state index is 13.1. The fourth-order valence-corrected chi connectivity index (χ4v) is 3.98. The number of amides is 2. The second kappa shape index (κ2) is 15.5. The molecule has 0 bridgehead atoms. The number of ether oxygens (including phenoxy) is 4. The average Bonchev–Trinajstić information content (AvgIpc) is 2.89. The second-order valence-electron chi connectivity index (χ2n) is 9.83. The van der Waals surface area contributed by atoms with Crippen LogP contribution in [-0.2, 0) is 22.6 Å². The van der Waals surface area contributed by atoms with Gasteiger partial charge in [0, 0.05) is 25.2 Å². The number of nitrogens with zero attached hydrogens (tertiary/aromatic N) is 4. The summed E-state index contributed by atoms with van der Waals surface area (Å²) in [5, 5.41) is 23.6. The zero-order chi connectivity index (χ0) is 28.4. The molecule has 1 aromatic heterocycles. The summed E-state index contributed by atoms with van der Waals surface area (Å²) in [6.45, 7) is 7.75. The summed E-state index contributed by atoms with van der Waals surface area (Å²) in [5.41, 5.74) is 0.868. The van der Waals surface area contributed by atoms with Crippen LogP contribution in [0.5, 0.6) is 11.6 Å². The third-order valence-electron chi connectivity index (χ3n) is 5.69. The molecule has 2 aliphatic rings. The van der Waals surface area contributed by atoms with Gasteiger partial charge in [-0.3, -0.25) is 4.90 Å². The molecule has 3 heterocycles. The maximum absolute atomic E-state index is 13.1. The van der Waals surface area contributed by atoms with E-state index in [2.05, 4.69) is 10.2 Å². The number of piperidine rings is 1. The van der Waals surface area contributed by atoms with Gasteiger partial charge in [0.1, 0.15) is 25.4 Å². The van der Waals surface area contributed by atoms with Gasteiger partial charge in [0.2, 0.25) is 6.16 Å². The van der Waals surface area contributed by atoms with Gasteiger partial charge < -0.3 is 38.9 Å². The molecule has 2 aromatic rings. The summed E-state index contributed by atoms with van der Waals surface area (Å²) in [6, 6.07) is 11.2. The molecular formula is C26H33N4NaO9. The van der Waals surface area contributed by atoms with E-state index < -0.39 is 17.8 Å². The summed E-state index contributed by atoms with van der Waals surface area (Å²) < 4.78 is 22.2. The van der Waals surface area contributed by atoms with Gasteiger partial charge >= 0.3 is 41.7 Å². The zero-order valence-corrected chi connectivity index (χ0v) is 25.2. The SMILES string of the molecule is CC(C)(C)OC(=O)N(Cc1cc2c(nn1)OCCO2)C1CCN(C(=O)OCc2ccccc2)CC1.O=C([O-])O.[Na+]. The predicted molar refractivity (Wildman–Crippen MR) is 134 cm³/mol. The third kappa shape index (κ3) is 10.7. The van der Waals surface area contributed by atoms with Gasteiger partial charge in [-0.25, -0.2) is 9.59 Å². The van der Waals surface area contributed by atoms with E-state index in [1.807, 2.05) is 51.1 Å². The molecule has 13 nitrogen and oxygen atoms in total. The molecule has 1 N–H and O–H groups in total. The van der Waals surface area contributed by atoms with Crippen molar-refractivity contribution in [3.8, 4) is 11.6 Å². The first-order valence-electron chi connectivity index (χ1n) is 12.5. The Morgan fingerprint density at radius 1 is 1.10 bits per heavy atom. The molecule has 1 fully saturated rings. The minimum atomic E-state index is -2.08. The Morgan fingerprint density at radius 2 is 1.73 bits per heavy atom. The number of hydrogen-bond acceptors (Lipinski definition) is 10. The van der Waals surface area contributed by atoms with Crippen LogP contribution in [0.15, 0.2) is 36.4 Å². The summed E-state index contributed by atoms with van der Waals surface area (Å²) in [5.74, 6) is 0.868. The van der Waals surface area contributed by atoms with E-state index in [1.54, 1.807) is 15.9 Å². The zero-order valence-electron chi connectivity index (χ0n) is 23.2. The average molecular weight is 569 g/mol. The molecule has 0 spiro atoms. The number of fused-ring (bicyclic) bond motifs is 1. The van der Waals surface area contributed by atoms with Gasteiger partial charge in [-0.1, -0.05) is 30.3 Å². The van der Waals surface area contributed by atoms with Crippen molar-refractivity contribution in [1.29, 1.82) is 0 Å². The van der Waals surface area contributed by atoms with Crippen LogP contribution in [0, 0.1) is 0 Å². The van der Waals surface area contributed by atoms with Crippen LogP contribution in [-0.4, -0.2) is 81.4 Å². The largest absolute Gasteiger partial charge is 1.00 e. The Kier molecular flexibility index (Phi) is 12.7. The molecule has 0 saturated carbocycles. The van der Waals surface area contributed by atoms with Crippen molar-refractivity contribution < 1.29 is 73.1 Å². The standard InChI is InChI=1S/C25H32N4O6.CH2O3.Na/c1-25(2,3)35-24(31)29(16-19-15-21-22(27-26-19)33-14-13-32-21)20-9-11-28(12-10-20)23(30)34-17-18-7-5-4-6-8-18;2-1(3)4;/h4-8,15,20H,9-14,16-17H2,1-3H3;(H2,2,3,4);/q;;+1/p-1. The number of carbonyl (C=O) groups is 3. The Balaban J connectivity index is 0.00000105. The molecule has 1 aromatic carbocycles. The van der Waals surface area contributed by atoms with E-state index in [0.717, 1.165) is 5.56 Å². The van der Waals surface area contributed by atoms with Crippen LogP contribution in [0.4, 0.5) is 14.4 Å². The molecule has 212 valence electrons. The van der Waals surface area contributed by atoms with Crippen molar-refractivity contribution in [1.82, 2.24) is 20.0 Å². The van der Waals surface area contributed by atoms with Crippen molar-refractivity contribution in [2.75, 3.05) is 26.3 Å². The molecule has 0 atom stereocenters. The van der Waals surface area contributed by atoms with E-state index in [-0.39, 0.29) is 54.8 Å². The van der Waals surface area contributed by atoms with E-state index in [4.69, 9.17) is 34.0 Å². The Morgan fingerprint density at radius 3 is 2.35 bits per heavy atom. The van der Waals surface area contributed by atoms with Crippen LogP contribution in [0.2, 0.25) is 0 Å². The monoisotopic (exact) mass is 568 g/mol. The van der Waals surface area contributed by atoms with Crippen LogP contribution < -0.4 is 44.1 Å². The molecule has 40 heavy (non-hydrogen) atoms. The Hall–Kier alpha value is -3.29. The number of carbonyl (C=O) groups excluding carboxylic acids is 2. The molecule has 0 radical (unpaired) electrons. The van der Waals surface area contributed by atoms with E-state index in [9.17, 15) is 9.59 Å². The number of aromatic nitrogens is 2. The van der Waals surface area contributed by atoms with E-state index in [0.29, 0.717) is 56.5 Å². The molecule has 4 rings (SSSR count). The first-order valence-corrected chi connectivity index (χ1v) is 12.5. The van der Waals surface area contributed by atoms with Crippen molar-refractivity contribution in [3.63, 3.8) is 0 Å². The van der Waals surface area contributed by atoms with Crippen LogP contribution >= 0.6 is 0 Å². The maximum Gasteiger partial charge on any atom is 1.00 e. The van der Waals surface area contributed by atoms with Gasteiger partial charge in [-0.05, 0) is 39.2 Å². The molecular weight excluding hydrogens is 535 g/mol. The van der Waals surface area contributed by atoms with E-state index >= 15 is 0 Å². The molecule has 0 aliphatic carbocycles.